The van der Waals surface area contributed by atoms with Crippen LogP contribution in [0.15, 0.2) is 12.1 Å². The summed E-state index contributed by atoms with van der Waals surface area (Å²) in [5.41, 5.74) is 2.93. The second-order valence-electron chi connectivity index (χ2n) is 5.21. The zero-order valence-electron chi connectivity index (χ0n) is 9.97. The van der Waals surface area contributed by atoms with Crippen LogP contribution in [0.5, 0.6) is 0 Å². The highest BCUT2D eigenvalue weighted by Crippen LogP contribution is 2.33. The Labute approximate surface area is 94.9 Å². The minimum Gasteiger partial charge on any atom is -0.288 e. The standard InChI is InChI=1S/C13H15NO2/c1-7-5-6-8-9(10(7)13(2,3)4)12(16)14-11(8)15/h5-6H,1-4H3,(H,14,15,16). The second kappa shape index (κ2) is 3.17. The fourth-order valence-corrected chi connectivity index (χ4v) is 2.33. The molecule has 1 aliphatic rings. The first-order valence-corrected chi connectivity index (χ1v) is 5.32. The second-order valence-corrected chi connectivity index (χ2v) is 5.21. The Morgan fingerprint density at radius 3 is 2.25 bits per heavy atom. The quantitative estimate of drug-likeness (QED) is 0.677. The van der Waals surface area contributed by atoms with Crippen LogP contribution in [0, 0.1) is 6.92 Å². The van der Waals surface area contributed by atoms with E-state index < -0.39 is 0 Å². The number of carbonyl (C=O) groups is 2. The van der Waals surface area contributed by atoms with Gasteiger partial charge in [0.1, 0.15) is 0 Å². The molecule has 0 aliphatic carbocycles. The molecule has 16 heavy (non-hydrogen) atoms. The lowest BCUT2D eigenvalue weighted by molar-refractivity contribution is 0.0879. The average Bonchev–Trinajstić information content (AvgIpc) is 2.40. The van der Waals surface area contributed by atoms with E-state index in [-0.39, 0.29) is 17.2 Å². The molecular formula is C13H15NO2. The molecule has 84 valence electrons. The third-order valence-corrected chi connectivity index (χ3v) is 2.86. The smallest absolute Gasteiger partial charge is 0.259 e. The molecule has 0 atom stereocenters. The van der Waals surface area contributed by atoms with Gasteiger partial charge in [-0.05, 0) is 29.5 Å². The highest BCUT2D eigenvalue weighted by atomic mass is 16.2. The first kappa shape index (κ1) is 10.9. The number of nitrogens with one attached hydrogen (secondary N) is 1. The molecular weight excluding hydrogens is 202 g/mol. The van der Waals surface area contributed by atoms with E-state index in [1.165, 1.54) is 0 Å². The predicted molar refractivity (Wildman–Crippen MR) is 61.7 cm³/mol. The molecule has 0 bridgehead atoms. The van der Waals surface area contributed by atoms with Crippen molar-refractivity contribution in [3.05, 3.63) is 34.4 Å². The summed E-state index contributed by atoms with van der Waals surface area (Å²) in [4.78, 5) is 23.3. The molecule has 3 nitrogen and oxygen atoms in total. The molecule has 0 unspecified atom stereocenters. The number of hydrogen-bond donors (Lipinski definition) is 1. The molecule has 1 aromatic rings. The highest BCUT2D eigenvalue weighted by Gasteiger charge is 2.33. The van der Waals surface area contributed by atoms with E-state index in [9.17, 15) is 9.59 Å². The van der Waals surface area contributed by atoms with E-state index >= 15 is 0 Å². The largest absolute Gasteiger partial charge is 0.288 e. The number of imide groups is 1. The summed E-state index contributed by atoms with van der Waals surface area (Å²) in [6.07, 6.45) is 0. The number of carbonyl (C=O) groups excluding carboxylic acids is 2. The van der Waals surface area contributed by atoms with Crippen molar-refractivity contribution < 1.29 is 9.59 Å². The predicted octanol–water partition coefficient (Wildman–Crippen LogP) is 2.18. The zero-order valence-corrected chi connectivity index (χ0v) is 9.97. The van der Waals surface area contributed by atoms with E-state index in [0.29, 0.717) is 11.1 Å². The first-order valence-electron chi connectivity index (χ1n) is 5.32. The topological polar surface area (TPSA) is 46.2 Å². The van der Waals surface area contributed by atoms with E-state index in [0.717, 1.165) is 11.1 Å². The minimum atomic E-state index is -0.287. The van der Waals surface area contributed by atoms with E-state index in [1.807, 2.05) is 33.8 Å². The van der Waals surface area contributed by atoms with Crippen LogP contribution < -0.4 is 5.32 Å². The van der Waals surface area contributed by atoms with Gasteiger partial charge in [-0.3, -0.25) is 14.9 Å². The molecule has 2 rings (SSSR count). The van der Waals surface area contributed by atoms with Crippen molar-refractivity contribution in [2.75, 3.05) is 0 Å². The Morgan fingerprint density at radius 2 is 1.69 bits per heavy atom. The van der Waals surface area contributed by atoms with Crippen molar-refractivity contribution in [3.63, 3.8) is 0 Å². The maximum absolute atomic E-state index is 11.8. The van der Waals surface area contributed by atoms with E-state index in [4.69, 9.17) is 0 Å². The van der Waals surface area contributed by atoms with Crippen molar-refractivity contribution in [2.45, 2.75) is 33.1 Å². The maximum Gasteiger partial charge on any atom is 0.259 e. The number of aryl methyl sites for hydroxylation is 1. The van der Waals surface area contributed by atoms with Crippen LogP contribution >= 0.6 is 0 Å². The molecule has 1 N–H and O–H groups in total. The fraction of sp³-hybridized carbons (Fsp3) is 0.385. The van der Waals surface area contributed by atoms with Crippen molar-refractivity contribution in [3.8, 4) is 0 Å². The van der Waals surface area contributed by atoms with Gasteiger partial charge in [-0.2, -0.15) is 0 Å². The summed E-state index contributed by atoms with van der Waals surface area (Å²) in [7, 11) is 0. The van der Waals surface area contributed by atoms with E-state index in [2.05, 4.69) is 5.32 Å². The third-order valence-electron chi connectivity index (χ3n) is 2.86. The molecule has 3 heteroatoms. The van der Waals surface area contributed by atoms with Crippen LogP contribution in [0.1, 0.15) is 52.6 Å². The van der Waals surface area contributed by atoms with Crippen LogP contribution in [0.4, 0.5) is 0 Å². The Kier molecular flexibility index (Phi) is 2.15. The molecule has 0 spiro atoms. The molecule has 0 radical (unpaired) electrons. The summed E-state index contributed by atoms with van der Waals surface area (Å²) in [5.74, 6) is -0.556. The summed E-state index contributed by atoms with van der Waals surface area (Å²) >= 11 is 0. The van der Waals surface area contributed by atoms with Gasteiger partial charge in [0, 0.05) is 0 Å². The van der Waals surface area contributed by atoms with Crippen molar-refractivity contribution in [2.24, 2.45) is 0 Å². The zero-order chi connectivity index (χ0) is 12.1. The maximum atomic E-state index is 11.8. The molecule has 0 saturated heterocycles. The summed E-state index contributed by atoms with van der Waals surface area (Å²) in [6, 6.07) is 3.62. The lowest BCUT2D eigenvalue weighted by Crippen LogP contribution is -2.22. The molecule has 1 aromatic carbocycles. The van der Waals surface area contributed by atoms with Gasteiger partial charge in [0.2, 0.25) is 0 Å². The number of amides is 2. The Balaban J connectivity index is 2.80. The number of rotatable bonds is 0. The number of hydrogen-bond acceptors (Lipinski definition) is 2. The van der Waals surface area contributed by atoms with Crippen molar-refractivity contribution in [1.29, 1.82) is 0 Å². The monoisotopic (exact) mass is 217 g/mol. The van der Waals surface area contributed by atoms with Gasteiger partial charge in [0.25, 0.3) is 11.8 Å². The SMILES string of the molecule is Cc1ccc2c(c1C(C)(C)C)C(=O)NC2=O. The van der Waals surface area contributed by atoms with Gasteiger partial charge in [-0.15, -0.1) is 0 Å². The van der Waals surface area contributed by atoms with Crippen LogP contribution in [0.2, 0.25) is 0 Å². The van der Waals surface area contributed by atoms with Crippen LogP contribution in [0.3, 0.4) is 0 Å². The van der Waals surface area contributed by atoms with Gasteiger partial charge in [0.15, 0.2) is 0 Å². The van der Waals surface area contributed by atoms with Gasteiger partial charge < -0.3 is 0 Å². The summed E-state index contributed by atoms with van der Waals surface area (Å²) in [5, 5.41) is 2.34. The molecule has 2 amide bonds. The summed E-state index contributed by atoms with van der Waals surface area (Å²) in [6.45, 7) is 8.11. The molecule has 1 heterocycles. The Bertz CT molecular complexity index is 495. The lowest BCUT2D eigenvalue weighted by atomic mass is 9.80. The van der Waals surface area contributed by atoms with Crippen LogP contribution in [-0.4, -0.2) is 11.8 Å². The number of benzene rings is 1. The van der Waals surface area contributed by atoms with Crippen LogP contribution in [0.25, 0.3) is 0 Å². The number of fused-ring (bicyclic) bond motifs is 1. The van der Waals surface area contributed by atoms with Crippen molar-refractivity contribution in [1.82, 2.24) is 5.32 Å². The normalized spacial score (nSPS) is 15.0. The lowest BCUT2D eigenvalue weighted by Gasteiger charge is -2.23. The Hall–Kier alpha value is -1.64. The molecule has 1 aliphatic heterocycles. The fourth-order valence-electron chi connectivity index (χ4n) is 2.33. The molecule has 0 aromatic heterocycles. The molecule has 0 saturated carbocycles. The average molecular weight is 217 g/mol. The Morgan fingerprint density at radius 1 is 1.06 bits per heavy atom. The van der Waals surface area contributed by atoms with Crippen molar-refractivity contribution >= 4 is 11.8 Å². The van der Waals surface area contributed by atoms with Crippen LogP contribution in [-0.2, 0) is 5.41 Å². The first-order chi connectivity index (χ1) is 7.32. The highest BCUT2D eigenvalue weighted by molar-refractivity contribution is 6.22. The van der Waals surface area contributed by atoms with E-state index in [1.54, 1.807) is 6.07 Å². The molecule has 0 fully saturated rings. The van der Waals surface area contributed by atoms with Gasteiger partial charge in [0.05, 0.1) is 11.1 Å². The van der Waals surface area contributed by atoms with Gasteiger partial charge >= 0.3 is 0 Å². The van der Waals surface area contributed by atoms with Gasteiger partial charge in [-0.25, -0.2) is 0 Å². The summed E-state index contributed by atoms with van der Waals surface area (Å²) < 4.78 is 0. The third kappa shape index (κ3) is 1.43. The van der Waals surface area contributed by atoms with Gasteiger partial charge in [-0.1, -0.05) is 26.8 Å². The minimum absolute atomic E-state index is 0.141.